The van der Waals surface area contributed by atoms with Crippen molar-refractivity contribution in [2.75, 3.05) is 11.9 Å². The van der Waals surface area contributed by atoms with Crippen LogP contribution in [0.4, 0.5) is 13.9 Å². The van der Waals surface area contributed by atoms with Gasteiger partial charge in [-0.3, -0.25) is 0 Å². The molecule has 2 aromatic rings. The maximum absolute atomic E-state index is 13.0. The van der Waals surface area contributed by atoms with Crippen LogP contribution in [0, 0.1) is 11.6 Å². The third kappa shape index (κ3) is 3.94. The van der Waals surface area contributed by atoms with Gasteiger partial charge in [-0.25, -0.2) is 27.3 Å². The average Bonchev–Trinajstić information content (AvgIpc) is 2.88. The fourth-order valence-corrected chi connectivity index (χ4v) is 2.95. The minimum atomic E-state index is -3.82. The van der Waals surface area contributed by atoms with Gasteiger partial charge in [0, 0.05) is 6.54 Å². The van der Waals surface area contributed by atoms with Crippen molar-refractivity contribution >= 4 is 26.5 Å². The summed E-state index contributed by atoms with van der Waals surface area (Å²) in [6, 6.07) is 3.05. The molecule has 0 unspecified atom stereocenters. The molecule has 1 aromatic heterocycles. The minimum Gasteiger partial charge on any atom is -0.387 e. The van der Waals surface area contributed by atoms with Crippen LogP contribution in [0.15, 0.2) is 28.6 Å². The summed E-state index contributed by atoms with van der Waals surface area (Å²) in [5.41, 5.74) is 0.185. The fraction of sp³-hybridized carbons (Fsp3) is 0.182. The Morgan fingerprint density at radius 3 is 2.67 bits per heavy atom. The summed E-state index contributed by atoms with van der Waals surface area (Å²) in [6.07, 6.45) is -0.0198. The van der Waals surface area contributed by atoms with Crippen molar-refractivity contribution in [2.45, 2.75) is 10.3 Å². The van der Waals surface area contributed by atoms with Gasteiger partial charge >= 0.3 is 0 Å². The highest BCUT2D eigenvalue weighted by atomic mass is 32.2. The number of aliphatic hydroxyl groups is 1. The number of hydrogen-bond acceptors (Lipinski definition) is 6. The third-order valence-corrected chi connectivity index (χ3v) is 4.90. The first-order chi connectivity index (χ1) is 9.77. The van der Waals surface area contributed by atoms with Crippen LogP contribution in [0.3, 0.4) is 0 Å². The molecule has 114 valence electrons. The largest absolute Gasteiger partial charge is 0.387 e. The first kappa shape index (κ1) is 15.8. The van der Waals surface area contributed by atoms with Crippen molar-refractivity contribution in [2.24, 2.45) is 5.14 Å². The zero-order valence-corrected chi connectivity index (χ0v) is 12.1. The summed E-state index contributed by atoms with van der Waals surface area (Å²) in [5.74, 6) is -2.06. The molecular weight excluding hydrogens is 324 g/mol. The van der Waals surface area contributed by atoms with E-state index < -0.39 is 27.8 Å². The summed E-state index contributed by atoms with van der Waals surface area (Å²) in [4.78, 5) is 3.78. The minimum absolute atomic E-state index is 0.0529. The number of anilines is 1. The number of nitrogens with one attached hydrogen (secondary N) is 1. The molecular formula is C11H11F2N3O3S2. The SMILES string of the molecule is NS(=O)(=O)c1cnc(NC[C@@H](O)c2ccc(F)c(F)c2)s1. The number of hydrogen-bond donors (Lipinski definition) is 3. The van der Waals surface area contributed by atoms with Crippen molar-refractivity contribution in [3.8, 4) is 0 Å². The van der Waals surface area contributed by atoms with Crippen molar-refractivity contribution in [1.29, 1.82) is 0 Å². The van der Waals surface area contributed by atoms with Gasteiger partial charge in [0.05, 0.1) is 12.3 Å². The van der Waals surface area contributed by atoms with Gasteiger partial charge in [0.1, 0.15) is 0 Å². The second-order valence-electron chi connectivity index (χ2n) is 4.10. The molecule has 0 fully saturated rings. The summed E-state index contributed by atoms with van der Waals surface area (Å²) in [5, 5.41) is 17.7. The molecule has 0 spiro atoms. The number of halogens is 2. The van der Waals surface area contributed by atoms with Crippen LogP contribution in [-0.2, 0) is 10.0 Å². The topological polar surface area (TPSA) is 105 Å². The Morgan fingerprint density at radius 2 is 2.10 bits per heavy atom. The van der Waals surface area contributed by atoms with Gasteiger partial charge < -0.3 is 10.4 Å². The standard InChI is InChI=1S/C11H11F2N3O3S2/c12-7-2-1-6(3-8(7)13)9(17)4-15-11-16-5-10(20-11)21(14,18)19/h1-3,5,9,17H,4H2,(H,15,16)(H2,14,18,19)/t9-/m1/s1. The summed E-state index contributed by atoms with van der Waals surface area (Å²) >= 11 is 0.802. The number of nitrogens with two attached hydrogens (primary N) is 1. The Bertz CT molecular complexity index is 749. The Kier molecular flexibility index (Phi) is 4.52. The van der Waals surface area contributed by atoms with Crippen LogP contribution in [-0.4, -0.2) is 25.1 Å². The lowest BCUT2D eigenvalue weighted by Crippen LogP contribution is -2.12. The first-order valence-electron chi connectivity index (χ1n) is 5.63. The van der Waals surface area contributed by atoms with Gasteiger partial charge in [-0.15, -0.1) is 0 Å². The van der Waals surface area contributed by atoms with E-state index in [9.17, 15) is 22.3 Å². The molecule has 0 amide bonds. The van der Waals surface area contributed by atoms with E-state index in [0.717, 1.165) is 29.7 Å². The monoisotopic (exact) mass is 335 g/mol. The number of aromatic nitrogens is 1. The van der Waals surface area contributed by atoms with Crippen LogP contribution >= 0.6 is 11.3 Å². The summed E-state index contributed by atoms with van der Waals surface area (Å²) < 4.78 is 47.8. The molecule has 0 aliphatic rings. The Balaban J connectivity index is 2.02. The van der Waals surface area contributed by atoms with Gasteiger partial charge in [0.25, 0.3) is 0 Å². The van der Waals surface area contributed by atoms with Crippen LogP contribution < -0.4 is 10.5 Å². The number of nitrogens with zero attached hydrogens (tertiary/aromatic N) is 1. The highest BCUT2D eigenvalue weighted by Crippen LogP contribution is 2.23. The number of rotatable bonds is 5. The van der Waals surface area contributed by atoms with E-state index in [2.05, 4.69) is 10.3 Å². The Hall–Kier alpha value is -1.62. The second-order valence-corrected chi connectivity index (χ2v) is 6.92. The fourth-order valence-electron chi connectivity index (χ4n) is 1.49. The molecule has 0 saturated heterocycles. The molecule has 4 N–H and O–H groups in total. The van der Waals surface area contributed by atoms with Gasteiger partial charge in [-0.2, -0.15) is 0 Å². The molecule has 1 aromatic carbocycles. The molecule has 6 nitrogen and oxygen atoms in total. The molecule has 10 heteroatoms. The first-order valence-corrected chi connectivity index (χ1v) is 7.99. The number of thiazole rings is 1. The summed E-state index contributed by atoms with van der Waals surface area (Å²) in [7, 11) is -3.82. The Labute approximate surface area is 123 Å². The van der Waals surface area contributed by atoms with Crippen molar-refractivity contribution in [1.82, 2.24) is 4.98 Å². The predicted molar refractivity (Wildman–Crippen MR) is 73.3 cm³/mol. The van der Waals surface area contributed by atoms with Gasteiger partial charge in [0.15, 0.2) is 21.0 Å². The van der Waals surface area contributed by atoms with Gasteiger partial charge in [-0.1, -0.05) is 17.4 Å². The molecule has 0 saturated carbocycles. The zero-order valence-electron chi connectivity index (χ0n) is 10.5. The molecule has 1 atom stereocenters. The van der Waals surface area contributed by atoms with E-state index >= 15 is 0 Å². The smallest absolute Gasteiger partial charge is 0.249 e. The van der Waals surface area contributed by atoms with E-state index in [1.54, 1.807) is 0 Å². The molecule has 0 aliphatic heterocycles. The lowest BCUT2D eigenvalue weighted by atomic mass is 10.1. The molecule has 1 heterocycles. The van der Waals surface area contributed by atoms with Crippen molar-refractivity contribution in [3.63, 3.8) is 0 Å². The summed E-state index contributed by atoms with van der Waals surface area (Å²) in [6.45, 7) is -0.0529. The third-order valence-electron chi connectivity index (χ3n) is 2.54. The van der Waals surface area contributed by atoms with Gasteiger partial charge in [0.2, 0.25) is 10.0 Å². The number of sulfonamides is 1. The quantitative estimate of drug-likeness (QED) is 0.762. The van der Waals surface area contributed by atoms with Crippen molar-refractivity contribution in [3.05, 3.63) is 41.6 Å². The maximum Gasteiger partial charge on any atom is 0.249 e. The highest BCUT2D eigenvalue weighted by Gasteiger charge is 2.14. The predicted octanol–water partition coefficient (Wildman–Crippen LogP) is 1.21. The molecule has 0 bridgehead atoms. The number of primary sulfonamides is 1. The highest BCUT2D eigenvalue weighted by molar-refractivity contribution is 7.91. The van der Waals surface area contributed by atoms with E-state index in [1.807, 2.05) is 0 Å². The van der Waals surface area contributed by atoms with Crippen LogP contribution in [0.25, 0.3) is 0 Å². The zero-order chi connectivity index (χ0) is 15.6. The van der Waals surface area contributed by atoms with E-state index in [0.29, 0.717) is 0 Å². The molecule has 21 heavy (non-hydrogen) atoms. The van der Waals surface area contributed by atoms with Crippen LogP contribution in [0.2, 0.25) is 0 Å². The van der Waals surface area contributed by atoms with Gasteiger partial charge in [-0.05, 0) is 17.7 Å². The van der Waals surface area contributed by atoms with E-state index in [1.165, 1.54) is 6.07 Å². The van der Waals surface area contributed by atoms with E-state index in [-0.39, 0.29) is 21.4 Å². The molecule has 2 rings (SSSR count). The Morgan fingerprint density at radius 1 is 1.38 bits per heavy atom. The maximum atomic E-state index is 13.0. The van der Waals surface area contributed by atoms with Crippen molar-refractivity contribution < 1.29 is 22.3 Å². The van der Waals surface area contributed by atoms with E-state index in [4.69, 9.17) is 5.14 Å². The lowest BCUT2D eigenvalue weighted by molar-refractivity contribution is 0.191. The number of aliphatic hydroxyl groups excluding tert-OH is 1. The average molecular weight is 335 g/mol. The van der Waals surface area contributed by atoms with Crippen LogP contribution in [0.5, 0.6) is 0 Å². The normalized spacial score (nSPS) is 13.1. The molecule has 0 radical (unpaired) electrons. The van der Waals surface area contributed by atoms with Crippen LogP contribution in [0.1, 0.15) is 11.7 Å². The second kappa shape index (κ2) is 6.02. The number of benzene rings is 1. The lowest BCUT2D eigenvalue weighted by Gasteiger charge is -2.11. The molecule has 0 aliphatic carbocycles.